The van der Waals surface area contributed by atoms with E-state index in [-0.39, 0.29) is 5.82 Å². The average Bonchev–Trinajstić information content (AvgIpc) is 2.63. The van der Waals surface area contributed by atoms with Crippen LogP contribution in [0.5, 0.6) is 17.2 Å². The van der Waals surface area contributed by atoms with Crippen molar-refractivity contribution in [2.75, 3.05) is 7.05 Å². The minimum Gasteiger partial charge on any atom is -0.457 e. The van der Waals surface area contributed by atoms with Gasteiger partial charge < -0.3 is 10.1 Å². The van der Waals surface area contributed by atoms with Gasteiger partial charge in [-0.1, -0.05) is 13.3 Å². The van der Waals surface area contributed by atoms with Gasteiger partial charge in [0.15, 0.2) is 5.75 Å². The summed E-state index contributed by atoms with van der Waals surface area (Å²) < 4.78 is 18.4. The molecule has 0 amide bonds. The van der Waals surface area contributed by atoms with Gasteiger partial charge in [-0.2, -0.15) is 0 Å². The standard InChI is InChI=1S/C19H22FNO4/c1-4-13-19(2,21-3)18(22)25-24-17-11-9-16(10-12-17)23-15-7-5-14(20)6-8-15/h5-12,21H,4,13H2,1-3H3. The van der Waals surface area contributed by atoms with Gasteiger partial charge >= 0.3 is 5.97 Å². The second-order valence-electron chi connectivity index (χ2n) is 5.81. The highest BCUT2D eigenvalue weighted by molar-refractivity contribution is 5.79. The third kappa shape index (κ3) is 5.19. The molecule has 1 N–H and O–H groups in total. The van der Waals surface area contributed by atoms with E-state index in [2.05, 4.69) is 5.32 Å². The fourth-order valence-corrected chi connectivity index (χ4v) is 2.21. The van der Waals surface area contributed by atoms with Gasteiger partial charge in [0, 0.05) is 0 Å². The maximum atomic E-state index is 12.9. The quantitative estimate of drug-likeness (QED) is 0.572. The average molecular weight is 347 g/mol. The van der Waals surface area contributed by atoms with Crippen molar-refractivity contribution in [2.24, 2.45) is 0 Å². The number of rotatable bonds is 8. The van der Waals surface area contributed by atoms with Gasteiger partial charge in [-0.05, 0) is 68.9 Å². The van der Waals surface area contributed by atoms with Crippen LogP contribution in [0.25, 0.3) is 0 Å². The summed E-state index contributed by atoms with van der Waals surface area (Å²) in [6.07, 6.45) is 1.47. The number of likely N-dealkylation sites (N-methyl/N-ethyl adjacent to an activating group) is 1. The van der Waals surface area contributed by atoms with Crippen LogP contribution in [0.4, 0.5) is 4.39 Å². The van der Waals surface area contributed by atoms with E-state index in [1.165, 1.54) is 24.3 Å². The molecule has 1 unspecified atom stereocenters. The minimum absolute atomic E-state index is 0.324. The van der Waals surface area contributed by atoms with Crippen LogP contribution < -0.4 is 14.9 Å². The summed E-state index contributed by atoms with van der Waals surface area (Å²) in [4.78, 5) is 22.1. The number of benzene rings is 2. The van der Waals surface area contributed by atoms with E-state index in [1.807, 2.05) is 6.92 Å². The molecule has 0 saturated heterocycles. The maximum absolute atomic E-state index is 12.9. The van der Waals surface area contributed by atoms with Gasteiger partial charge in [-0.15, -0.1) is 0 Å². The lowest BCUT2D eigenvalue weighted by atomic mass is 9.97. The van der Waals surface area contributed by atoms with Crippen molar-refractivity contribution in [3.8, 4) is 17.2 Å². The summed E-state index contributed by atoms with van der Waals surface area (Å²) in [5.74, 6) is 0.634. The highest BCUT2D eigenvalue weighted by Gasteiger charge is 2.33. The molecule has 0 aliphatic heterocycles. The van der Waals surface area contributed by atoms with E-state index in [1.54, 1.807) is 38.2 Å². The predicted molar refractivity (Wildman–Crippen MR) is 92.0 cm³/mol. The molecule has 0 bridgehead atoms. The molecule has 1 atom stereocenters. The molecule has 0 aliphatic carbocycles. The Balaban J connectivity index is 1.91. The minimum atomic E-state index is -0.791. The first-order valence-corrected chi connectivity index (χ1v) is 8.08. The van der Waals surface area contributed by atoms with Crippen LogP contribution in [0.2, 0.25) is 0 Å². The van der Waals surface area contributed by atoms with Crippen molar-refractivity contribution >= 4 is 5.97 Å². The van der Waals surface area contributed by atoms with Crippen LogP contribution >= 0.6 is 0 Å². The van der Waals surface area contributed by atoms with Crippen molar-refractivity contribution in [1.82, 2.24) is 5.32 Å². The first kappa shape index (κ1) is 18.7. The summed E-state index contributed by atoms with van der Waals surface area (Å²) in [5.41, 5.74) is -0.791. The molecule has 0 saturated carbocycles. The third-order valence-electron chi connectivity index (χ3n) is 3.84. The Hall–Kier alpha value is -2.60. The van der Waals surface area contributed by atoms with Crippen LogP contribution in [-0.4, -0.2) is 18.6 Å². The summed E-state index contributed by atoms with van der Waals surface area (Å²) in [5, 5.41) is 2.95. The zero-order chi connectivity index (χ0) is 18.3. The van der Waals surface area contributed by atoms with Crippen molar-refractivity contribution in [3.63, 3.8) is 0 Å². The summed E-state index contributed by atoms with van der Waals surface area (Å²) in [7, 11) is 1.71. The van der Waals surface area contributed by atoms with Crippen LogP contribution in [-0.2, 0) is 9.68 Å². The Bertz CT molecular complexity index is 688. The molecule has 0 aromatic heterocycles. The summed E-state index contributed by atoms with van der Waals surface area (Å²) >= 11 is 0. The summed E-state index contributed by atoms with van der Waals surface area (Å²) in [6, 6.07) is 12.3. The third-order valence-corrected chi connectivity index (χ3v) is 3.84. The van der Waals surface area contributed by atoms with Crippen LogP contribution in [0.1, 0.15) is 26.7 Å². The monoisotopic (exact) mass is 347 g/mol. The molecule has 6 heteroatoms. The van der Waals surface area contributed by atoms with Gasteiger partial charge in [-0.25, -0.2) is 14.1 Å². The van der Waals surface area contributed by atoms with Gasteiger partial charge in [0.1, 0.15) is 22.9 Å². The predicted octanol–water partition coefficient (Wildman–Crippen LogP) is 4.23. The molecule has 0 aliphatic rings. The molecule has 5 nitrogen and oxygen atoms in total. The molecule has 2 aromatic rings. The van der Waals surface area contributed by atoms with Crippen molar-refractivity contribution in [2.45, 2.75) is 32.2 Å². The number of carbonyl (C=O) groups excluding carboxylic acids is 1. The number of carbonyl (C=O) groups is 1. The number of nitrogens with one attached hydrogen (secondary N) is 1. The first-order chi connectivity index (χ1) is 12.0. The zero-order valence-electron chi connectivity index (χ0n) is 14.5. The maximum Gasteiger partial charge on any atom is 0.374 e. The van der Waals surface area contributed by atoms with E-state index in [4.69, 9.17) is 14.5 Å². The fourth-order valence-electron chi connectivity index (χ4n) is 2.21. The molecular formula is C19H22FNO4. The number of hydrogen-bond donors (Lipinski definition) is 1. The Morgan fingerprint density at radius 3 is 2.08 bits per heavy atom. The molecule has 134 valence electrons. The molecule has 25 heavy (non-hydrogen) atoms. The van der Waals surface area contributed by atoms with E-state index in [0.29, 0.717) is 23.7 Å². The highest BCUT2D eigenvalue weighted by atomic mass is 19.1. The van der Waals surface area contributed by atoms with E-state index in [9.17, 15) is 9.18 Å². The van der Waals surface area contributed by atoms with Crippen molar-refractivity contribution in [1.29, 1.82) is 0 Å². The Morgan fingerprint density at radius 2 is 1.56 bits per heavy atom. The normalized spacial score (nSPS) is 13.0. The topological polar surface area (TPSA) is 56.8 Å². The van der Waals surface area contributed by atoms with Gasteiger partial charge in [0.25, 0.3) is 0 Å². The van der Waals surface area contributed by atoms with Crippen LogP contribution in [0.3, 0.4) is 0 Å². The number of ether oxygens (including phenoxy) is 1. The molecule has 2 rings (SSSR count). The van der Waals surface area contributed by atoms with E-state index >= 15 is 0 Å². The largest absolute Gasteiger partial charge is 0.457 e. The van der Waals surface area contributed by atoms with Gasteiger partial charge in [-0.3, -0.25) is 4.89 Å². The van der Waals surface area contributed by atoms with E-state index in [0.717, 1.165) is 6.42 Å². The number of hydrogen-bond acceptors (Lipinski definition) is 5. The SMILES string of the molecule is CCCC(C)(NC)C(=O)OOc1ccc(Oc2ccc(F)cc2)cc1. The second kappa shape index (κ2) is 8.48. The smallest absolute Gasteiger partial charge is 0.374 e. The Kier molecular flexibility index (Phi) is 6.36. The fraction of sp³-hybridized carbons (Fsp3) is 0.316. The lowest BCUT2D eigenvalue weighted by Crippen LogP contribution is -2.48. The Labute approximate surface area is 146 Å². The highest BCUT2D eigenvalue weighted by Crippen LogP contribution is 2.24. The van der Waals surface area contributed by atoms with E-state index < -0.39 is 11.5 Å². The van der Waals surface area contributed by atoms with Crippen LogP contribution in [0.15, 0.2) is 48.5 Å². The van der Waals surface area contributed by atoms with Gasteiger partial charge in [0.2, 0.25) is 0 Å². The van der Waals surface area contributed by atoms with Gasteiger partial charge in [0.05, 0.1) is 0 Å². The van der Waals surface area contributed by atoms with Crippen molar-refractivity contribution < 1.29 is 23.7 Å². The lowest BCUT2D eigenvalue weighted by Gasteiger charge is -2.24. The Morgan fingerprint density at radius 1 is 1.04 bits per heavy atom. The lowest BCUT2D eigenvalue weighted by molar-refractivity contribution is -0.221. The summed E-state index contributed by atoms with van der Waals surface area (Å²) in [6.45, 7) is 3.76. The molecule has 0 spiro atoms. The first-order valence-electron chi connectivity index (χ1n) is 8.08. The van der Waals surface area contributed by atoms with Crippen LogP contribution in [0, 0.1) is 5.82 Å². The second-order valence-corrected chi connectivity index (χ2v) is 5.81. The zero-order valence-corrected chi connectivity index (χ0v) is 14.5. The molecule has 2 aromatic carbocycles. The molecular weight excluding hydrogens is 325 g/mol. The molecule has 0 heterocycles. The number of halogens is 1. The molecule has 0 fully saturated rings. The van der Waals surface area contributed by atoms with Crippen molar-refractivity contribution in [3.05, 3.63) is 54.3 Å². The molecule has 0 radical (unpaired) electrons.